The Hall–Kier alpha value is -0.570. The minimum Gasteiger partial charge on any atom is -0.481 e. The third kappa shape index (κ3) is 3.71. The number of likely N-dealkylation sites (tertiary alicyclic amines) is 1. The Labute approximate surface area is 111 Å². The molecule has 2 rings (SSSR count). The lowest BCUT2D eigenvalue weighted by molar-refractivity contribution is -0.137. The zero-order valence-corrected chi connectivity index (χ0v) is 11.6. The fourth-order valence-electron chi connectivity index (χ4n) is 3.72. The minimum atomic E-state index is -0.642. The molecule has 3 atom stereocenters. The molecule has 104 valence electrons. The van der Waals surface area contributed by atoms with E-state index in [0.29, 0.717) is 12.3 Å². The highest BCUT2D eigenvalue weighted by atomic mass is 16.4. The van der Waals surface area contributed by atoms with Gasteiger partial charge >= 0.3 is 5.97 Å². The van der Waals surface area contributed by atoms with Crippen molar-refractivity contribution in [2.24, 2.45) is 11.8 Å². The van der Waals surface area contributed by atoms with Gasteiger partial charge in [-0.15, -0.1) is 0 Å². The Kier molecular flexibility index (Phi) is 5.04. The number of rotatable bonds is 5. The smallest absolute Gasteiger partial charge is 0.303 e. The van der Waals surface area contributed by atoms with Crippen LogP contribution in [-0.2, 0) is 4.79 Å². The van der Waals surface area contributed by atoms with Crippen molar-refractivity contribution in [1.82, 2.24) is 4.90 Å². The van der Waals surface area contributed by atoms with Crippen LogP contribution in [-0.4, -0.2) is 35.1 Å². The molecule has 1 saturated carbocycles. The number of carbonyl (C=O) groups is 1. The first-order valence-corrected chi connectivity index (χ1v) is 7.65. The lowest BCUT2D eigenvalue weighted by Gasteiger charge is -2.35. The predicted molar refractivity (Wildman–Crippen MR) is 72.6 cm³/mol. The van der Waals surface area contributed by atoms with Crippen LogP contribution in [0.4, 0.5) is 0 Å². The van der Waals surface area contributed by atoms with Crippen molar-refractivity contribution in [2.45, 2.75) is 64.3 Å². The molecule has 0 aromatic rings. The van der Waals surface area contributed by atoms with Crippen LogP contribution in [0.15, 0.2) is 0 Å². The van der Waals surface area contributed by atoms with E-state index in [1.54, 1.807) is 0 Å². The highest BCUT2D eigenvalue weighted by molar-refractivity contribution is 5.66. The van der Waals surface area contributed by atoms with Gasteiger partial charge in [-0.2, -0.15) is 0 Å². The molecule has 1 aliphatic heterocycles. The number of carboxylic acid groups (broad SMARTS) is 1. The zero-order chi connectivity index (χ0) is 13.0. The Morgan fingerprint density at radius 1 is 1.28 bits per heavy atom. The van der Waals surface area contributed by atoms with E-state index in [9.17, 15) is 4.79 Å². The largest absolute Gasteiger partial charge is 0.481 e. The van der Waals surface area contributed by atoms with Gasteiger partial charge in [-0.05, 0) is 44.1 Å². The summed E-state index contributed by atoms with van der Waals surface area (Å²) in [6.07, 6.45) is 9.30. The molecule has 3 heteroatoms. The fraction of sp³-hybridized carbons (Fsp3) is 0.933. The second-order valence-electron chi connectivity index (χ2n) is 6.18. The number of hydrogen-bond donors (Lipinski definition) is 1. The monoisotopic (exact) mass is 253 g/mol. The van der Waals surface area contributed by atoms with Gasteiger partial charge in [-0.25, -0.2) is 0 Å². The first-order valence-electron chi connectivity index (χ1n) is 7.65. The first kappa shape index (κ1) is 13.9. The lowest BCUT2D eigenvalue weighted by Crippen LogP contribution is -2.37. The van der Waals surface area contributed by atoms with Crippen LogP contribution in [0.1, 0.15) is 58.3 Å². The lowest BCUT2D eigenvalue weighted by atomic mass is 9.83. The van der Waals surface area contributed by atoms with Crippen molar-refractivity contribution in [2.75, 3.05) is 13.1 Å². The first-order chi connectivity index (χ1) is 8.69. The van der Waals surface area contributed by atoms with E-state index in [4.69, 9.17) is 5.11 Å². The van der Waals surface area contributed by atoms with Crippen LogP contribution < -0.4 is 0 Å². The van der Waals surface area contributed by atoms with Crippen LogP contribution in [0.2, 0.25) is 0 Å². The highest BCUT2D eigenvalue weighted by Gasteiger charge is 2.31. The molecule has 0 spiro atoms. The summed E-state index contributed by atoms with van der Waals surface area (Å²) in [6, 6.07) is 0.790. The molecule has 1 heterocycles. The predicted octanol–water partition coefficient (Wildman–Crippen LogP) is 3.14. The van der Waals surface area contributed by atoms with E-state index in [2.05, 4.69) is 11.8 Å². The number of nitrogens with zero attached hydrogens (tertiary/aromatic N) is 1. The SMILES string of the molecule is CCC1CCCC(N2CCC(CCC(=O)O)C2)C1. The van der Waals surface area contributed by atoms with E-state index in [1.807, 2.05) is 0 Å². The van der Waals surface area contributed by atoms with Gasteiger partial charge in [-0.3, -0.25) is 4.79 Å². The molecule has 1 N–H and O–H groups in total. The summed E-state index contributed by atoms with van der Waals surface area (Å²) in [5.41, 5.74) is 0. The van der Waals surface area contributed by atoms with Gasteiger partial charge in [0.2, 0.25) is 0 Å². The van der Waals surface area contributed by atoms with E-state index < -0.39 is 5.97 Å². The summed E-state index contributed by atoms with van der Waals surface area (Å²) in [6.45, 7) is 4.66. The summed E-state index contributed by atoms with van der Waals surface area (Å²) in [5, 5.41) is 8.74. The molecule has 0 amide bonds. The van der Waals surface area contributed by atoms with Gasteiger partial charge in [0.15, 0.2) is 0 Å². The Morgan fingerprint density at radius 3 is 2.83 bits per heavy atom. The summed E-state index contributed by atoms with van der Waals surface area (Å²) in [7, 11) is 0. The summed E-state index contributed by atoms with van der Waals surface area (Å²) in [5.74, 6) is 0.919. The van der Waals surface area contributed by atoms with Gasteiger partial charge in [0.25, 0.3) is 0 Å². The summed E-state index contributed by atoms with van der Waals surface area (Å²) < 4.78 is 0. The normalized spacial score (nSPS) is 33.7. The molecule has 3 unspecified atom stereocenters. The second kappa shape index (κ2) is 6.55. The third-order valence-corrected chi connectivity index (χ3v) is 4.93. The minimum absolute atomic E-state index is 0.348. The molecule has 2 fully saturated rings. The summed E-state index contributed by atoms with van der Waals surface area (Å²) >= 11 is 0. The van der Waals surface area contributed by atoms with Gasteiger partial charge in [-0.1, -0.05) is 26.2 Å². The van der Waals surface area contributed by atoms with Crippen molar-refractivity contribution in [1.29, 1.82) is 0 Å². The van der Waals surface area contributed by atoms with E-state index in [-0.39, 0.29) is 0 Å². The highest BCUT2D eigenvalue weighted by Crippen LogP contribution is 2.33. The molecule has 0 bridgehead atoms. The topological polar surface area (TPSA) is 40.5 Å². The molecule has 1 saturated heterocycles. The van der Waals surface area contributed by atoms with Gasteiger partial charge in [0.05, 0.1) is 0 Å². The van der Waals surface area contributed by atoms with E-state index >= 15 is 0 Å². The van der Waals surface area contributed by atoms with Gasteiger partial charge < -0.3 is 10.0 Å². The maximum Gasteiger partial charge on any atom is 0.303 e. The Morgan fingerprint density at radius 2 is 2.11 bits per heavy atom. The molecule has 3 nitrogen and oxygen atoms in total. The third-order valence-electron chi connectivity index (χ3n) is 4.93. The maximum absolute atomic E-state index is 10.6. The molecule has 0 aromatic carbocycles. The maximum atomic E-state index is 10.6. The van der Waals surface area contributed by atoms with Crippen LogP contribution >= 0.6 is 0 Å². The standard InChI is InChI=1S/C15H27NO2/c1-2-12-4-3-5-14(10-12)16-9-8-13(11-16)6-7-15(17)18/h12-14H,2-11H2,1H3,(H,17,18). The van der Waals surface area contributed by atoms with Crippen LogP contribution in [0.5, 0.6) is 0 Å². The molecule has 18 heavy (non-hydrogen) atoms. The van der Waals surface area contributed by atoms with Crippen LogP contribution in [0, 0.1) is 11.8 Å². The van der Waals surface area contributed by atoms with E-state index in [1.165, 1.54) is 45.1 Å². The van der Waals surface area contributed by atoms with Crippen molar-refractivity contribution in [3.05, 3.63) is 0 Å². The molecule has 2 aliphatic rings. The molecular weight excluding hydrogens is 226 g/mol. The summed E-state index contributed by atoms with van der Waals surface area (Å²) in [4.78, 5) is 13.3. The quantitative estimate of drug-likeness (QED) is 0.818. The number of carboxylic acids is 1. The second-order valence-corrected chi connectivity index (χ2v) is 6.18. The van der Waals surface area contributed by atoms with Crippen molar-refractivity contribution in [3.8, 4) is 0 Å². The molecule has 0 aromatic heterocycles. The molecular formula is C15H27NO2. The zero-order valence-electron chi connectivity index (χ0n) is 11.6. The van der Waals surface area contributed by atoms with Crippen molar-refractivity contribution in [3.63, 3.8) is 0 Å². The van der Waals surface area contributed by atoms with Gasteiger partial charge in [0.1, 0.15) is 0 Å². The van der Waals surface area contributed by atoms with Crippen LogP contribution in [0.3, 0.4) is 0 Å². The van der Waals surface area contributed by atoms with E-state index in [0.717, 1.165) is 24.9 Å². The van der Waals surface area contributed by atoms with Gasteiger partial charge in [0, 0.05) is 19.0 Å². The Bertz CT molecular complexity index is 280. The Balaban J connectivity index is 1.75. The molecule has 0 radical (unpaired) electrons. The average Bonchev–Trinajstić information content (AvgIpc) is 2.85. The fourth-order valence-corrected chi connectivity index (χ4v) is 3.72. The van der Waals surface area contributed by atoms with Crippen molar-refractivity contribution < 1.29 is 9.90 Å². The van der Waals surface area contributed by atoms with Crippen LogP contribution in [0.25, 0.3) is 0 Å². The number of hydrogen-bond acceptors (Lipinski definition) is 2. The average molecular weight is 253 g/mol. The van der Waals surface area contributed by atoms with Crippen molar-refractivity contribution >= 4 is 5.97 Å². The molecule has 1 aliphatic carbocycles. The number of aliphatic carboxylic acids is 1.